The minimum absolute atomic E-state index is 0.0151. The number of nitrogens with one attached hydrogen (secondary N) is 1. The molecule has 0 aromatic carbocycles. The smallest absolute Gasteiger partial charge is 0.324 e. The van der Waals surface area contributed by atoms with Gasteiger partial charge in [0.15, 0.2) is 0 Å². The molecule has 1 fully saturated rings. The van der Waals surface area contributed by atoms with Gasteiger partial charge in [0, 0.05) is 25.7 Å². The van der Waals surface area contributed by atoms with Gasteiger partial charge in [0.1, 0.15) is 0 Å². The van der Waals surface area contributed by atoms with E-state index in [1.807, 2.05) is 0 Å². The third-order valence-electron chi connectivity index (χ3n) is 2.61. The second kappa shape index (κ2) is 5.24. The van der Waals surface area contributed by atoms with Gasteiger partial charge in [-0.15, -0.1) is 0 Å². The molecule has 0 spiro atoms. The molecule has 1 aromatic rings. The Hall–Kier alpha value is -1.47. The molecule has 17 heavy (non-hydrogen) atoms. The lowest BCUT2D eigenvalue weighted by Gasteiger charge is -2.18. The number of carbonyl (C=O) groups excluding carboxylic acids is 1. The van der Waals surface area contributed by atoms with Gasteiger partial charge in [-0.25, -0.2) is 0 Å². The second-order valence-electron chi connectivity index (χ2n) is 3.79. The lowest BCUT2D eigenvalue weighted by Crippen LogP contribution is -2.33. The van der Waals surface area contributed by atoms with Crippen molar-refractivity contribution in [2.24, 2.45) is 0 Å². The first kappa shape index (κ1) is 12.0. The van der Waals surface area contributed by atoms with Gasteiger partial charge >= 0.3 is 5.00 Å². The normalized spacial score (nSPS) is 16.6. The predicted octanol–water partition coefficient (Wildman–Crippen LogP) is 1.09. The molecule has 1 N–H and O–H groups in total. The molecule has 2 rings (SSSR count). The summed E-state index contributed by atoms with van der Waals surface area (Å²) >= 11 is 0.939. The van der Waals surface area contributed by atoms with E-state index in [4.69, 9.17) is 0 Å². The van der Waals surface area contributed by atoms with E-state index < -0.39 is 4.92 Å². The highest BCUT2D eigenvalue weighted by Gasteiger charge is 2.21. The highest BCUT2D eigenvalue weighted by molar-refractivity contribution is 7.17. The fourth-order valence-corrected chi connectivity index (χ4v) is 2.53. The Morgan fingerprint density at radius 3 is 2.94 bits per heavy atom. The molecule has 0 bridgehead atoms. The van der Waals surface area contributed by atoms with Crippen molar-refractivity contribution in [3.05, 3.63) is 27.1 Å². The van der Waals surface area contributed by atoms with Gasteiger partial charge in [-0.05, 0) is 19.0 Å². The van der Waals surface area contributed by atoms with Gasteiger partial charge in [0.05, 0.1) is 9.80 Å². The third-order valence-corrected chi connectivity index (χ3v) is 3.63. The van der Waals surface area contributed by atoms with E-state index in [9.17, 15) is 14.9 Å². The topological polar surface area (TPSA) is 75.5 Å². The Balaban J connectivity index is 2.09. The van der Waals surface area contributed by atoms with Gasteiger partial charge in [0.25, 0.3) is 5.91 Å². The highest BCUT2D eigenvalue weighted by Crippen LogP contribution is 2.25. The maximum absolute atomic E-state index is 12.1. The SMILES string of the molecule is O=C(c1ccc([N+](=O)[O-])s1)N1CCCNCC1. The summed E-state index contributed by atoms with van der Waals surface area (Å²) in [5.74, 6) is -0.105. The van der Waals surface area contributed by atoms with Crippen LogP contribution in [0.2, 0.25) is 0 Å². The number of hydrogen-bond acceptors (Lipinski definition) is 5. The third kappa shape index (κ3) is 2.80. The van der Waals surface area contributed by atoms with Crippen molar-refractivity contribution in [1.82, 2.24) is 10.2 Å². The second-order valence-corrected chi connectivity index (χ2v) is 4.85. The van der Waals surface area contributed by atoms with Crippen molar-refractivity contribution in [3.63, 3.8) is 0 Å². The monoisotopic (exact) mass is 255 g/mol. The van der Waals surface area contributed by atoms with Crippen molar-refractivity contribution in [2.75, 3.05) is 26.2 Å². The number of nitrogens with zero attached hydrogens (tertiary/aromatic N) is 2. The Kier molecular flexibility index (Phi) is 3.70. The fraction of sp³-hybridized carbons (Fsp3) is 0.500. The summed E-state index contributed by atoms with van der Waals surface area (Å²) in [7, 11) is 0. The maximum atomic E-state index is 12.1. The van der Waals surface area contributed by atoms with Gasteiger partial charge in [-0.1, -0.05) is 11.3 Å². The average molecular weight is 255 g/mol. The Bertz CT molecular complexity index is 424. The molecule has 7 heteroatoms. The molecule has 92 valence electrons. The van der Waals surface area contributed by atoms with Crippen LogP contribution in [-0.4, -0.2) is 41.9 Å². The van der Waals surface area contributed by atoms with Crippen LogP contribution < -0.4 is 5.32 Å². The van der Waals surface area contributed by atoms with E-state index in [1.165, 1.54) is 12.1 Å². The summed E-state index contributed by atoms with van der Waals surface area (Å²) in [5, 5.41) is 13.8. The molecule has 0 radical (unpaired) electrons. The number of amides is 1. The van der Waals surface area contributed by atoms with Crippen molar-refractivity contribution in [2.45, 2.75) is 6.42 Å². The molecular formula is C10H13N3O3S. The largest absolute Gasteiger partial charge is 0.337 e. The van der Waals surface area contributed by atoms with Crippen LogP contribution in [0.4, 0.5) is 5.00 Å². The van der Waals surface area contributed by atoms with E-state index in [2.05, 4.69) is 5.32 Å². The van der Waals surface area contributed by atoms with Gasteiger partial charge in [0.2, 0.25) is 0 Å². The van der Waals surface area contributed by atoms with Crippen LogP contribution in [-0.2, 0) is 0 Å². The van der Waals surface area contributed by atoms with Gasteiger partial charge < -0.3 is 10.2 Å². The van der Waals surface area contributed by atoms with Gasteiger partial charge in [-0.2, -0.15) is 0 Å². The van der Waals surface area contributed by atoms with Crippen LogP contribution in [0.25, 0.3) is 0 Å². The van der Waals surface area contributed by atoms with Crippen LogP contribution in [0.3, 0.4) is 0 Å². The summed E-state index contributed by atoms with van der Waals surface area (Å²) in [5.41, 5.74) is 0. The molecule has 1 aliphatic heterocycles. The molecule has 1 amide bonds. The quantitative estimate of drug-likeness (QED) is 0.634. The lowest BCUT2D eigenvalue weighted by atomic mass is 10.3. The van der Waals surface area contributed by atoms with E-state index in [1.54, 1.807) is 4.90 Å². The van der Waals surface area contributed by atoms with Crippen molar-refractivity contribution < 1.29 is 9.72 Å². The molecule has 1 aromatic heterocycles. The zero-order valence-electron chi connectivity index (χ0n) is 9.22. The Morgan fingerprint density at radius 1 is 1.41 bits per heavy atom. The summed E-state index contributed by atoms with van der Waals surface area (Å²) in [6, 6.07) is 2.91. The predicted molar refractivity (Wildman–Crippen MR) is 64.4 cm³/mol. The molecule has 0 unspecified atom stereocenters. The zero-order valence-corrected chi connectivity index (χ0v) is 10.0. The highest BCUT2D eigenvalue weighted by atomic mass is 32.1. The molecule has 0 atom stereocenters. The molecule has 1 saturated heterocycles. The Labute approximate surface area is 102 Å². The summed E-state index contributed by atoms with van der Waals surface area (Å²) in [6.07, 6.45) is 0.916. The lowest BCUT2D eigenvalue weighted by molar-refractivity contribution is -0.380. The first-order chi connectivity index (χ1) is 8.18. The van der Waals surface area contributed by atoms with E-state index in [0.717, 1.165) is 30.8 Å². The Morgan fingerprint density at radius 2 is 2.24 bits per heavy atom. The molecule has 2 heterocycles. The van der Waals surface area contributed by atoms with Crippen molar-refractivity contribution >= 4 is 22.2 Å². The van der Waals surface area contributed by atoms with Crippen LogP contribution >= 0.6 is 11.3 Å². The molecule has 0 saturated carbocycles. The number of carbonyl (C=O) groups is 1. The van der Waals surface area contributed by atoms with E-state index >= 15 is 0 Å². The minimum atomic E-state index is -0.467. The van der Waals surface area contributed by atoms with Crippen LogP contribution in [0.1, 0.15) is 16.1 Å². The summed E-state index contributed by atoms with van der Waals surface area (Å²) in [4.78, 5) is 24.3. The molecule has 1 aliphatic rings. The van der Waals surface area contributed by atoms with Crippen LogP contribution in [0.5, 0.6) is 0 Å². The summed E-state index contributed by atoms with van der Waals surface area (Å²) < 4.78 is 0. The average Bonchev–Trinajstić information content (AvgIpc) is 2.65. The first-order valence-corrected chi connectivity index (χ1v) is 6.24. The number of hydrogen-bond donors (Lipinski definition) is 1. The standard InChI is InChI=1S/C10H13N3O3S/c14-10(12-6-1-4-11-5-7-12)8-2-3-9(17-8)13(15)16/h2-3,11H,1,4-7H2. The molecular weight excluding hydrogens is 242 g/mol. The fourth-order valence-electron chi connectivity index (χ4n) is 1.75. The van der Waals surface area contributed by atoms with E-state index in [-0.39, 0.29) is 10.9 Å². The molecule has 6 nitrogen and oxygen atoms in total. The van der Waals surface area contributed by atoms with Gasteiger partial charge in [-0.3, -0.25) is 14.9 Å². The number of thiophene rings is 1. The maximum Gasteiger partial charge on any atom is 0.324 e. The van der Waals surface area contributed by atoms with Crippen molar-refractivity contribution in [3.8, 4) is 0 Å². The minimum Gasteiger partial charge on any atom is -0.337 e. The van der Waals surface area contributed by atoms with Crippen molar-refractivity contribution in [1.29, 1.82) is 0 Å². The first-order valence-electron chi connectivity index (χ1n) is 5.42. The number of nitro groups is 1. The van der Waals surface area contributed by atoms with Crippen LogP contribution in [0.15, 0.2) is 12.1 Å². The summed E-state index contributed by atoms with van der Waals surface area (Å²) in [6.45, 7) is 3.05. The van der Waals surface area contributed by atoms with E-state index in [0.29, 0.717) is 18.0 Å². The number of rotatable bonds is 2. The van der Waals surface area contributed by atoms with Crippen LogP contribution in [0, 0.1) is 10.1 Å². The zero-order chi connectivity index (χ0) is 12.3. The molecule has 0 aliphatic carbocycles.